The first-order valence-electron chi connectivity index (χ1n) is 8.29. The van der Waals surface area contributed by atoms with Crippen LogP contribution in [0.2, 0.25) is 0 Å². The van der Waals surface area contributed by atoms with Crippen LogP contribution in [-0.4, -0.2) is 4.57 Å². The summed E-state index contributed by atoms with van der Waals surface area (Å²) in [6.45, 7) is 5.59. The number of benzene rings is 2. The predicted molar refractivity (Wildman–Crippen MR) is 92.9 cm³/mol. The zero-order valence-electron chi connectivity index (χ0n) is 13.2. The topological polar surface area (TPSA) is 4.93 Å². The Balaban J connectivity index is 1.95. The van der Waals surface area contributed by atoms with Crippen molar-refractivity contribution in [2.75, 3.05) is 0 Å². The van der Waals surface area contributed by atoms with Crippen LogP contribution in [0.1, 0.15) is 44.6 Å². The number of para-hydroxylation sites is 1. The van der Waals surface area contributed by atoms with E-state index in [0.717, 1.165) is 6.54 Å². The molecule has 0 aliphatic carbocycles. The average Bonchev–Trinajstić information content (AvgIpc) is 2.81. The minimum Gasteiger partial charge on any atom is -0.340 e. The summed E-state index contributed by atoms with van der Waals surface area (Å²) in [5, 5.41) is 2.80. The molecule has 21 heavy (non-hydrogen) atoms. The molecular weight excluding hydrogens is 254 g/mol. The number of rotatable bonds is 6. The Labute approximate surface area is 127 Å². The molecule has 0 unspecified atom stereocenters. The van der Waals surface area contributed by atoms with E-state index in [1.807, 2.05) is 0 Å². The molecule has 0 spiro atoms. The molecule has 0 bridgehead atoms. The standard InChI is InChI=1S/C20H25N/c1-3-4-5-6-9-14-21-19-11-8-7-10-17(19)18-15-16(2)12-13-20(18)21/h7-8,10-13,15H,3-6,9,14H2,1-2H3. The summed E-state index contributed by atoms with van der Waals surface area (Å²) in [4.78, 5) is 0. The Morgan fingerprint density at radius 2 is 1.57 bits per heavy atom. The summed E-state index contributed by atoms with van der Waals surface area (Å²) in [6, 6.07) is 15.7. The van der Waals surface area contributed by atoms with Gasteiger partial charge >= 0.3 is 0 Å². The van der Waals surface area contributed by atoms with Gasteiger partial charge in [-0.25, -0.2) is 0 Å². The molecule has 0 radical (unpaired) electrons. The summed E-state index contributed by atoms with van der Waals surface area (Å²) in [6.07, 6.45) is 6.67. The van der Waals surface area contributed by atoms with Crippen LogP contribution in [0.4, 0.5) is 0 Å². The number of hydrogen-bond acceptors (Lipinski definition) is 0. The van der Waals surface area contributed by atoms with E-state index in [1.54, 1.807) is 0 Å². The van der Waals surface area contributed by atoms with Crippen LogP contribution >= 0.6 is 0 Å². The maximum atomic E-state index is 2.51. The highest BCUT2D eigenvalue weighted by molar-refractivity contribution is 6.08. The third-order valence-electron chi connectivity index (χ3n) is 4.41. The molecule has 0 atom stereocenters. The Morgan fingerprint density at radius 3 is 2.43 bits per heavy atom. The van der Waals surface area contributed by atoms with E-state index in [9.17, 15) is 0 Å². The van der Waals surface area contributed by atoms with Gasteiger partial charge in [0.1, 0.15) is 0 Å². The van der Waals surface area contributed by atoms with E-state index >= 15 is 0 Å². The van der Waals surface area contributed by atoms with Crippen LogP contribution in [0, 0.1) is 6.92 Å². The fraction of sp³-hybridized carbons (Fsp3) is 0.400. The second kappa shape index (κ2) is 6.34. The molecule has 0 fully saturated rings. The normalized spacial score (nSPS) is 11.5. The molecule has 1 nitrogen and oxygen atoms in total. The molecule has 1 heterocycles. The molecule has 3 aromatic rings. The van der Waals surface area contributed by atoms with Crippen molar-refractivity contribution < 1.29 is 0 Å². The number of hydrogen-bond donors (Lipinski definition) is 0. The fourth-order valence-electron chi connectivity index (χ4n) is 3.28. The lowest BCUT2D eigenvalue weighted by Crippen LogP contribution is -1.97. The van der Waals surface area contributed by atoms with E-state index in [4.69, 9.17) is 0 Å². The molecule has 110 valence electrons. The smallest absolute Gasteiger partial charge is 0.0491 e. The number of nitrogens with zero attached hydrogens (tertiary/aromatic N) is 1. The first-order valence-corrected chi connectivity index (χ1v) is 8.29. The average molecular weight is 279 g/mol. The molecule has 1 aromatic heterocycles. The molecule has 0 amide bonds. The molecule has 1 heteroatoms. The Morgan fingerprint density at radius 1 is 0.810 bits per heavy atom. The summed E-state index contributed by atoms with van der Waals surface area (Å²) >= 11 is 0. The van der Waals surface area contributed by atoms with Crippen LogP contribution in [0.15, 0.2) is 42.5 Å². The number of aromatic nitrogens is 1. The molecule has 2 aromatic carbocycles. The van der Waals surface area contributed by atoms with Crippen molar-refractivity contribution in [3.05, 3.63) is 48.0 Å². The first kappa shape index (κ1) is 14.2. The van der Waals surface area contributed by atoms with Crippen molar-refractivity contribution in [2.24, 2.45) is 0 Å². The van der Waals surface area contributed by atoms with Gasteiger partial charge in [-0.3, -0.25) is 0 Å². The quantitative estimate of drug-likeness (QED) is 0.482. The lowest BCUT2D eigenvalue weighted by molar-refractivity contribution is 0.584. The van der Waals surface area contributed by atoms with Gasteiger partial charge in [0.05, 0.1) is 0 Å². The molecule has 0 saturated heterocycles. The second-order valence-corrected chi connectivity index (χ2v) is 6.10. The summed E-state index contributed by atoms with van der Waals surface area (Å²) in [5.74, 6) is 0. The number of unbranched alkanes of at least 4 members (excludes halogenated alkanes) is 4. The van der Waals surface area contributed by atoms with Crippen LogP contribution in [0.5, 0.6) is 0 Å². The largest absolute Gasteiger partial charge is 0.340 e. The minimum atomic E-state index is 1.14. The minimum absolute atomic E-state index is 1.14. The van der Waals surface area contributed by atoms with Gasteiger partial charge in [0, 0.05) is 28.4 Å². The van der Waals surface area contributed by atoms with Crippen LogP contribution in [0.25, 0.3) is 21.8 Å². The van der Waals surface area contributed by atoms with Gasteiger partial charge in [-0.1, -0.05) is 62.4 Å². The van der Waals surface area contributed by atoms with Gasteiger partial charge in [0.25, 0.3) is 0 Å². The Bertz CT molecular complexity index is 736. The van der Waals surface area contributed by atoms with Gasteiger partial charge in [-0.15, -0.1) is 0 Å². The van der Waals surface area contributed by atoms with Crippen molar-refractivity contribution in [3.63, 3.8) is 0 Å². The monoisotopic (exact) mass is 279 g/mol. The van der Waals surface area contributed by atoms with Gasteiger partial charge in [-0.2, -0.15) is 0 Å². The highest BCUT2D eigenvalue weighted by Gasteiger charge is 2.09. The Kier molecular flexibility index (Phi) is 4.28. The van der Waals surface area contributed by atoms with Gasteiger partial charge in [0.15, 0.2) is 0 Å². The van der Waals surface area contributed by atoms with Gasteiger partial charge in [-0.05, 0) is 31.5 Å². The SMILES string of the molecule is CCCCCCCn1c2ccccc2c2cc(C)ccc21. The molecule has 0 aliphatic rings. The van der Waals surface area contributed by atoms with Crippen LogP contribution < -0.4 is 0 Å². The fourth-order valence-corrected chi connectivity index (χ4v) is 3.28. The second-order valence-electron chi connectivity index (χ2n) is 6.10. The predicted octanol–water partition coefficient (Wildman–Crippen LogP) is 6.07. The number of fused-ring (bicyclic) bond motifs is 3. The van der Waals surface area contributed by atoms with E-state index in [1.165, 1.54) is 59.5 Å². The van der Waals surface area contributed by atoms with Gasteiger partial charge < -0.3 is 4.57 Å². The third kappa shape index (κ3) is 2.83. The van der Waals surface area contributed by atoms with Crippen molar-refractivity contribution in [1.29, 1.82) is 0 Å². The zero-order chi connectivity index (χ0) is 14.7. The third-order valence-corrected chi connectivity index (χ3v) is 4.41. The molecular formula is C20H25N. The highest BCUT2D eigenvalue weighted by atomic mass is 15.0. The summed E-state index contributed by atoms with van der Waals surface area (Å²) in [7, 11) is 0. The van der Waals surface area contributed by atoms with Crippen molar-refractivity contribution in [1.82, 2.24) is 4.57 Å². The lowest BCUT2D eigenvalue weighted by Gasteiger charge is -2.07. The van der Waals surface area contributed by atoms with E-state index in [0.29, 0.717) is 0 Å². The van der Waals surface area contributed by atoms with E-state index in [2.05, 4.69) is 60.9 Å². The molecule has 0 aliphatic heterocycles. The molecule has 3 rings (SSSR count). The van der Waals surface area contributed by atoms with E-state index in [-0.39, 0.29) is 0 Å². The Hall–Kier alpha value is -1.76. The highest BCUT2D eigenvalue weighted by Crippen LogP contribution is 2.30. The summed E-state index contributed by atoms with van der Waals surface area (Å²) < 4.78 is 2.51. The van der Waals surface area contributed by atoms with Crippen LogP contribution in [0.3, 0.4) is 0 Å². The maximum absolute atomic E-state index is 2.51. The van der Waals surface area contributed by atoms with Crippen molar-refractivity contribution >= 4 is 21.8 Å². The van der Waals surface area contributed by atoms with Crippen molar-refractivity contribution in [3.8, 4) is 0 Å². The molecule has 0 N–H and O–H groups in total. The van der Waals surface area contributed by atoms with Crippen molar-refractivity contribution in [2.45, 2.75) is 52.5 Å². The van der Waals surface area contributed by atoms with E-state index < -0.39 is 0 Å². The van der Waals surface area contributed by atoms with Gasteiger partial charge in [0.2, 0.25) is 0 Å². The van der Waals surface area contributed by atoms with Crippen LogP contribution in [-0.2, 0) is 6.54 Å². The zero-order valence-corrected chi connectivity index (χ0v) is 13.2. The summed E-state index contributed by atoms with van der Waals surface area (Å²) in [5.41, 5.74) is 4.11. The molecule has 0 saturated carbocycles. The lowest BCUT2D eigenvalue weighted by atomic mass is 10.1. The first-order chi connectivity index (χ1) is 10.3. The maximum Gasteiger partial charge on any atom is 0.0491 e. The number of aryl methyl sites for hydroxylation is 2.